The lowest BCUT2D eigenvalue weighted by molar-refractivity contribution is 0.112. The van der Waals surface area contributed by atoms with E-state index in [1.807, 2.05) is 6.92 Å². The van der Waals surface area contributed by atoms with E-state index >= 15 is 0 Å². The lowest BCUT2D eigenvalue weighted by atomic mass is 10.1. The van der Waals surface area contributed by atoms with Crippen LogP contribution in [0.1, 0.15) is 15.9 Å². The summed E-state index contributed by atoms with van der Waals surface area (Å²) >= 11 is 0. The van der Waals surface area contributed by atoms with Gasteiger partial charge in [-0.1, -0.05) is 0 Å². The first-order chi connectivity index (χ1) is 9.58. The molecule has 20 heavy (non-hydrogen) atoms. The number of rotatable bonds is 2. The molecule has 1 aromatic carbocycles. The lowest BCUT2D eigenvalue weighted by Gasteiger charge is -1.98. The highest BCUT2D eigenvalue weighted by Crippen LogP contribution is 2.23. The van der Waals surface area contributed by atoms with Crippen molar-refractivity contribution < 1.29 is 13.6 Å². The Kier molecular flexibility index (Phi) is 2.82. The number of carbonyl (C=O) groups is 1. The van der Waals surface area contributed by atoms with Crippen molar-refractivity contribution in [2.75, 3.05) is 0 Å². The third kappa shape index (κ3) is 1.97. The molecule has 0 aliphatic carbocycles. The zero-order valence-electron chi connectivity index (χ0n) is 10.6. The minimum Gasteiger partial charge on any atom is -0.306 e. The minimum absolute atomic E-state index is 0.486. The van der Waals surface area contributed by atoms with Crippen LogP contribution in [0.25, 0.3) is 16.9 Å². The molecule has 0 aliphatic heterocycles. The molecule has 5 heteroatoms. The molecule has 0 saturated heterocycles. The van der Waals surface area contributed by atoms with E-state index in [9.17, 15) is 13.6 Å². The summed E-state index contributed by atoms with van der Waals surface area (Å²) < 4.78 is 27.9. The number of imidazole rings is 1. The topological polar surface area (TPSA) is 34.4 Å². The van der Waals surface area contributed by atoms with Crippen LogP contribution in [0.3, 0.4) is 0 Å². The second-order valence-corrected chi connectivity index (χ2v) is 4.56. The molecule has 3 nitrogen and oxygen atoms in total. The van der Waals surface area contributed by atoms with Gasteiger partial charge >= 0.3 is 0 Å². The fourth-order valence-corrected chi connectivity index (χ4v) is 2.16. The number of halogens is 2. The zero-order chi connectivity index (χ0) is 14.3. The Morgan fingerprint density at radius 1 is 1.15 bits per heavy atom. The highest BCUT2D eigenvalue weighted by molar-refractivity contribution is 5.76. The average molecular weight is 272 g/mol. The van der Waals surface area contributed by atoms with Crippen molar-refractivity contribution in [1.29, 1.82) is 0 Å². The first kappa shape index (κ1) is 12.5. The Labute approximate surface area is 113 Å². The van der Waals surface area contributed by atoms with Crippen LogP contribution in [0.4, 0.5) is 8.78 Å². The van der Waals surface area contributed by atoms with Gasteiger partial charge in [-0.25, -0.2) is 13.8 Å². The van der Waals surface area contributed by atoms with E-state index in [1.165, 1.54) is 6.07 Å². The van der Waals surface area contributed by atoms with E-state index in [2.05, 4.69) is 4.98 Å². The Morgan fingerprint density at radius 3 is 2.65 bits per heavy atom. The number of pyridine rings is 1. The van der Waals surface area contributed by atoms with Crippen molar-refractivity contribution in [3.8, 4) is 11.3 Å². The highest BCUT2D eigenvalue weighted by atomic mass is 19.2. The molecule has 0 unspecified atom stereocenters. The second kappa shape index (κ2) is 4.52. The summed E-state index contributed by atoms with van der Waals surface area (Å²) in [5, 5.41) is 0. The SMILES string of the molecule is Cc1cc(C=O)cn2cc(-c3ccc(F)c(F)c3)nc12. The van der Waals surface area contributed by atoms with Crippen molar-refractivity contribution in [2.24, 2.45) is 0 Å². The largest absolute Gasteiger partial charge is 0.306 e. The van der Waals surface area contributed by atoms with Crippen molar-refractivity contribution in [2.45, 2.75) is 6.92 Å². The van der Waals surface area contributed by atoms with Gasteiger partial charge in [0.25, 0.3) is 0 Å². The van der Waals surface area contributed by atoms with E-state index in [0.717, 1.165) is 24.0 Å². The van der Waals surface area contributed by atoms with Gasteiger partial charge in [0.1, 0.15) is 5.65 Å². The van der Waals surface area contributed by atoms with Crippen molar-refractivity contribution in [3.63, 3.8) is 0 Å². The molecule has 2 aromatic heterocycles. The van der Waals surface area contributed by atoms with E-state index in [0.29, 0.717) is 22.5 Å². The van der Waals surface area contributed by atoms with Crippen LogP contribution in [-0.4, -0.2) is 15.7 Å². The Bertz CT molecular complexity index is 824. The third-order valence-corrected chi connectivity index (χ3v) is 3.11. The highest BCUT2D eigenvalue weighted by Gasteiger charge is 2.10. The van der Waals surface area contributed by atoms with E-state index < -0.39 is 11.6 Å². The van der Waals surface area contributed by atoms with Gasteiger partial charge in [-0.15, -0.1) is 0 Å². The molecule has 0 N–H and O–H groups in total. The molecule has 100 valence electrons. The number of aryl methyl sites for hydroxylation is 1. The monoisotopic (exact) mass is 272 g/mol. The van der Waals surface area contributed by atoms with Crippen molar-refractivity contribution in [1.82, 2.24) is 9.38 Å². The number of benzene rings is 1. The number of hydrogen-bond donors (Lipinski definition) is 0. The first-order valence-electron chi connectivity index (χ1n) is 5.98. The molecule has 3 aromatic rings. The molecule has 0 saturated carbocycles. The molecule has 0 amide bonds. The molecular formula is C15H10F2N2O. The maximum Gasteiger partial charge on any atom is 0.159 e. The third-order valence-electron chi connectivity index (χ3n) is 3.11. The molecule has 0 radical (unpaired) electrons. The predicted molar refractivity (Wildman–Crippen MR) is 70.7 cm³/mol. The van der Waals surface area contributed by atoms with E-state index in [1.54, 1.807) is 22.9 Å². The second-order valence-electron chi connectivity index (χ2n) is 4.56. The van der Waals surface area contributed by atoms with Crippen molar-refractivity contribution in [3.05, 3.63) is 59.4 Å². The summed E-state index contributed by atoms with van der Waals surface area (Å²) in [4.78, 5) is 15.2. The number of hydrogen-bond acceptors (Lipinski definition) is 2. The first-order valence-corrected chi connectivity index (χ1v) is 5.98. The van der Waals surface area contributed by atoms with Gasteiger partial charge in [0, 0.05) is 23.5 Å². The Hall–Kier alpha value is -2.56. The van der Waals surface area contributed by atoms with Gasteiger partial charge in [0.15, 0.2) is 17.9 Å². The average Bonchev–Trinajstić information content (AvgIpc) is 2.86. The van der Waals surface area contributed by atoms with Crippen LogP contribution < -0.4 is 0 Å². The number of aldehydes is 1. The molecule has 0 atom stereocenters. The van der Waals surface area contributed by atoms with Crippen molar-refractivity contribution >= 4 is 11.9 Å². The van der Waals surface area contributed by atoms with Crippen LogP contribution in [0.5, 0.6) is 0 Å². The fourth-order valence-electron chi connectivity index (χ4n) is 2.16. The summed E-state index contributed by atoms with van der Waals surface area (Å²) in [6, 6.07) is 5.37. The standard InChI is InChI=1S/C15H10F2N2O/c1-9-4-10(8-20)6-19-7-14(18-15(9)19)11-2-3-12(16)13(17)5-11/h2-8H,1H3. The molecule has 0 spiro atoms. The number of carbonyl (C=O) groups excluding carboxylic acids is 1. The number of nitrogens with zero attached hydrogens (tertiary/aromatic N) is 2. The zero-order valence-corrected chi connectivity index (χ0v) is 10.6. The van der Waals surface area contributed by atoms with E-state index in [-0.39, 0.29) is 0 Å². The molecule has 0 aliphatic rings. The predicted octanol–water partition coefficient (Wildman–Crippen LogP) is 3.40. The Morgan fingerprint density at radius 2 is 1.95 bits per heavy atom. The summed E-state index contributed by atoms with van der Waals surface area (Å²) in [5.41, 5.74) is 3.05. The summed E-state index contributed by atoms with van der Waals surface area (Å²) in [5.74, 6) is -1.80. The molecule has 0 bridgehead atoms. The fraction of sp³-hybridized carbons (Fsp3) is 0.0667. The van der Waals surface area contributed by atoms with Gasteiger partial charge < -0.3 is 4.40 Å². The molecule has 0 fully saturated rings. The van der Waals surface area contributed by atoms with E-state index in [4.69, 9.17) is 0 Å². The van der Waals surface area contributed by atoms with Crippen LogP contribution in [0.2, 0.25) is 0 Å². The maximum absolute atomic E-state index is 13.3. The van der Waals surface area contributed by atoms with Gasteiger partial charge in [0.05, 0.1) is 5.69 Å². The van der Waals surface area contributed by atoms with Crippen LogP contribution in [0.15, 0.2) is 36.7 Å². The minimum atomic E-state index is -0.912. The molecule has 3 rings (SSSR count). The van der Waals surface area contributed by atoms with Gasteiger partial charge in [-0.2, -0.15) is 0 Å². The lowest BCUT2D eigenvalue weighted by Crippen LogP contribution is -1.91. The van der Waals surface area contributed by atoms with Crippen LogP contribution >= 0.6 is 0 Å². The summed E-state index contributed by atoms with van der Waals surface area (Å²) in [7, 11) is 0. The quantitative estimate of drug-likeness (QED) is 0.670. The smallest absolute Gasteiger partial charge is 0.159 e. The normalized spacial score (nSPS) is 10.9. The summed E-state index contributed by atoms with van der Waals surface area (Å²) in [6.07, 6.45) is 4.08. The summed E-state index contributed by atoms with van der Waals surface area (Å²) in [6.45, 7) is 1.84. The molecule has 2 heterocycles. The van der Waals surface area contributed by atoms with Crippen LogP contribution in [0, 0.1) is 18.6 Å². The van der Waals surface area contributed by atoms with Crippen LogP contribution in [-0.2, 0) is 0 Å². The Balaban J connectivity index is 2.19. The number of fused-ring (bicyclic) bond motifs is 1. The molecular weight excluding hydrogens is 262 g/mol. The maximum atomic E-state index is 13.3. The number of aromatic nitrogens is 2. The van der Waals surface area contributed by atoms with Gasteiger partial charge in [-0.3, -0.25) is 4.79 Å². The van der Waals surface area contributed by atoms with Gasteiger partial charge in [-0.05, 0) is 36.8 Å². The van der Waals surface area contributed by atoms with Gasteiger partial charge in [0.2, 0.25) is 0 Å².